The highest BCUT2D eigenvalue weighted by Crippen LogP contribution is 2.24. The van der Waals surface area contributed by atoms with Crippen LogP contribution in [-0.2, 0) is 9.47 Å². The van der Waals surface area contributed by atoms with E-state index in [4.69, 9.17) is 14.7 Å². The summed E-state index contributed by atoms with van der Waals surface area (Å²) in [5.41, 5.74) is -0.495. The molecule has 0 aromatic rings. The van der Waals surface area contributed by atoms with E-state index in [1.807, 2.05) is 19.9 Å². The van der Waals surface area contributed by atoms with Gasteiger partial charge in [0.1, 0.15) is 6.04 Å². The van der Waals surface area contributed by atoms with Gasteiger partial charge in [-0.1, -0.05) is 0 Å². The van der Waals surface area contributed by atoms with Gasteiger partial charge in [0.15, 0.2) is 0 Å². The maximum Gasteiger partial charge on any atom is 0.411 e. The second-order valence-electron chi connectivity index (χ2n) is 4.04. The molecule has 0 spiro atoms. The molecule has 84 valence electrons. The van der Waals surface area contributed by atoms with Crippen LogP contribution in [0.15, 0.2) is 0 Å². The number of carbonyl (C=O) groups is 1. The van der Waals surface area contributed by atoms with Gasteiger partial charge in [0.2, 0.25) is 0 Å². The summed E-state index contributed by atoms with van der Waals surface area (Å²) in [5, 5.41) is 8.93. The Morgan fingerprint density at radius 3 is 2.93 bits per heavy atom. The SMILES string of the molecule is CCOC(=O)N1[C@H](C#N)COCC1(C)C. The van der Waals surface area contributed by atoms with Crippen molar-refractivity contribution >= 4 is 6.09 Å². The molecule has 1 heterocycles. The summed E-state index contributed by atoms with van der Waals surface area (Å²) in [5.74, 6) is 0. The van der Waals surface area contributed by atoms with Crippen molar-refractivity contribution < 1.29 is 14.3 Å². The molecule has 1 amide bonds. The minimum atomic E-state index is -0.562. The number of hydrogen-bond acceptors (Lipinski definition) is 4. The van der Waals surface area contributed by atoms with Crippen LogP contribution in [0.5, 0.6) is 0 Å². The van der Waals surface area contributed by atoms with Gasteiger partial charge >= 0.3 is 6.09 Å². The van der Waals surface area contributed by atoms with Crippen molar-refractivity contribution in [2.45, 2.75) is 32.4 Å². The molecule has 1 aliphatic heterocycles. The molecule has 0 N–H and O–H groups in total. The Bertz CT molecular complexity index is 283. The predicted molar refractivity (Wildman–Crippen MR) is 53.2 cm³/mol. The van der Waals surface area contributed by atoms with Crippen LogP contribution >= 0.6 is 0 Å². The number of morpholine rings is 1. The van der Waals surface area contributed by atoms with Gasteiger partial charge in [-0.3, -0.25) is 4.90 Å². The predicted octanol–water partition coefficient (Wildman–Crippen LogP) is 1.15. The van der Waals surface area contributed by atoms with Gasteiger partial charge in [0.05, 0.1) is 31.4 Å². The van der Waals surface area contributed by atoms with E-state index in [0.717, 1.165) is 0 Å². The molecule has 1 rings (SSSR count). The van der Waals surface area contributed by atoms with Crippen LogP contribution in [0.1, 0.15) is 20.8 Å². The third-order valence-electron chi connectivity index (χ3n) is 2.31. The van der Waals surface area contributed by atoms with Crippen LogP contribution < -0.4 is 0 Å². The summed E-state index contributed by atoms with van der Waals surface area (Å²) in [4.78, 5) is 13.1. The Kier molecular flexibility index (Phi) is 3.53. The smallest absolute Gasteiger partial charge is 0.411 e. The molecule has 15 heavy (non-hydrogen) atoms. The Hall–Kier alpha value is -1.28. The molecule has 1 fully saturated rings. The van der Waals surface area contributed by atoms with Crippen LogP contribution in [0.3, 0.4) is 0 Å². The molecular formula is C10H16N2O3. The molecule has 0 saturated carbocycles. The molecule has 0 aliphatic carbocycles. The van der Waals surface area contributed by atoms with Crippen molar-refractivity contribution in [2.75, 3.05) is 19.8 Å². The third kappa shape index (κ3) is 2.39. The van der Waals surface area contributed by atoms with Crippen LogP contribution in [0.4, 0.5) is 4.79 Å². The molecule has 0 radical (unpaired) electrons. The molecular weight excluding hydrogens is 196 g/mol. The van der Waals surface area contributed by atoms with E-state index in [1.54, 1.807) is 6.92 Å². The van der Waals surface area contributed by atoms with E-state index in [-0.39, 0.29) is 6.61 Å². The summed E-state index contributed by atoms with van der Waals surface area (Å²) in [6.45, 7) is 6.43. The summed E-state index contributed by atoms with van der Waals surface area (Å²) in [7, 11) is 0. The normalized spacial score (nSPS) is 24.4. The van der Waals surface area contributed by atoms with Gasteiger partial charge in [-0.15, -0.1) is 0 Å². The van der Waals surface area contributed by atoms with E-state index in [9.17, 15) is 4.79 Å². The summed E-state index contributed by atoms with van der Waals surface area (Å²) >= 11 is 0. The Morgan fingerprint density at radius 1 is 1.73 bits per heavy atom. The average molecular weight is 212 g/mol. The molecule has 5 heteroatoms. The maximum absolute atomic E-state index is 11.7. The summed E-state index contributed by atoms with van der Waals surface area (Å²) < 4.78 is 10.2. The Morgan fingerprint density at radius 2 is 2.40 bits per heavy atom. The molecule has 1 atom stereocenters. The quantitative estimate of drug-likeness (QED) is 0.654. The zero-order valence-electron chi connectivity index (χ0n) is 9.32. The van der Waals surface area contributed by atoms with Crippen LogP contribution in [-0.4, -0.2) is 42.4 Å². The molecule has 5 nitrogen and oxygen atoms in total. The number of carbonyl (C=O) groups excluding carboxylic acids is 1. The van der Waals surface area contributed by atoms with E-state index in [2.05, 4.69) is 0 Å². The van der Waals surface area contributed by atoms with Gasteiger partial charge in [0, 0.05) is 0 Å². The first kappa shape index (κ1) is 11.8. The molecule has 0 unspecified atom stereocenters. The highest BCUT2D eigenvalue weighted by atomic mass is 16.6. The molecule has 0 aromatic carbocycles. The number of amides is 1. The number of nitrogens with zero attached hydrogens (tertiary/aromatic N) is 2. The minimum Gasteiger partial charge on any atom is -0.450 e. The fraction of sp³-hybridized carbons (Fsp3) is 0.800. The van der Waals surface area contributed by atoms with Gasteiger partial charge < -0.3 is 9.47 Å². The van der Waals surface area contributed by atoms with Crippen LogP contribution in [0.25, 0.3) is 0 Å². The van der Waals surface area contributed by atoms with Crippen molar-refractivity contribution in [3.63, 3.8) is 0 Å². The first-order chi connectivity index (χ1) is 7.03. The van der Waals surface area contributed by atoms with Crippen molar-refractivity contribution in [2.24, 2.45) is 0 Å². The number of nitriles is 1. The molecule has 1 saturated heterocycles. The maximum atomic E-state index is 11.7. The molecule has 1 aliphatic rings. The topological polar surface area (TPSA) is 62.6 Å². The van der Waals surface area contributed by atoms with Gasteiger partial charge in [-0.05, 0) is 20.8 Å². The van der Waals surface area contributed by atoms with E-state index >= 15 is 0 Å². The second-order valence-corrected chi connectivity index (χ2v) is 4.04. The Balaban J connectivity index is 2.86. The summed E-state index contributed by atoms with van der Waals surface area (Å²) in [6, 6.07) is 1.49. The molecule has 0 bridgehead atoms. The highest BCUT2D eigenvalue weighted by Gasteiger charge is 2.41. The standard InChI is InChI=1S/C10H16N2O3/c1-4-15-9(13)12-8(5-11)6-14-7-10(12,2)3/h8H,4,6-7H2,1-3H3/t8-/m1/s1. The van der Waals surface area contributed by atoms with Crippen molar-refractivity contribution in [1.29, 1.82) is 5.26 Å². The van der Waals surface area contributed by atoms with Crippen LogP contribution in [0.2, 0.25) is 0 Å². The number of ether oxygens (including phenoxy) is 2. The first-order valence-electron chi connectivity index (χ1n) is 4.96. The van der Waals surface area contributed by atoms with E-state index in [0.29, 0.717) is 13.2 Å². The van der Waals surface area contributed by atoms with E-state index in [1.165, 1.54) is 4.90 Å². The second kappa shape index (κ2) is 4.49. The van der Waals surface area contributed by atoms with Gasteiger partial charge in [-0.25, -0.2) is 4.79 Å². The van der Waals surface area contributed by atoms with E-state index < -0.39 is 17.7 Å². The first-order valence-corrected chi connectivity index (χ1v) is 4.96. The summed E-state index contributed by atoms with van der Waals surface area (Å²) in [6.07, 6.45) is -0.447. The monoisotopic (exact) mass is 212 g/mol. The minimum absolute atomic E-state index is 0.249. The van der Waals surface area contributed by atoms with Crippen LogP contribution in [0, 0.1) is 11.3 Å². The largest absolute Gasteiger partial charge is 0.450 e. The van der Waals surface area contributed by atoms with Crippen molar-refractivity contribution in [1.82, 2.24) is 4.90 Å². The lowest BCUT2D eigenvalue weighted by atomic mass is 10.0. The van der Waals surface area contributed by atoms with Gasteiger partial charge in [-0.2, -0.15) is 5.26 Å². The fourth-order valence-electron chi connectivity index (χ4n) is 1.65. The lowest BCUT2D eigenvalue weighted by molar-refractivity contribution is -0.0641. The molecule has 0 aromatic heterocycles. The number of rotatable bonds is 1. The Labute approximate surface area is 89.6 Å². The number of hydrogen-bond donors (Lipinski definition) is 0. The highest BCUT2D eigenvalue weighted by molar-refractivity contribution is 5.69. The average Bonchev–Trinajstić information content (AvgIpc) is 2.16. The lowest BCUT2D eigenvalue weighted by Crippen LogP contribution is -2.60. The van der Waals surface area contributed by atoms with Gasteiger partial charge in [0.25, 0.3) is 0 Å². The van der Waals surface area contributed by atoms with Crippen molar-refractivity contribution in [3.05, 3.63) is 0 Å². The lowest BCUT2D eigenvalue weighted by Gasteiger charge is -2.43. The zero-order valence-corrected chi connectivity index (χ0v) is 9.32. The third-order valence-corrected chi connectivity index (χ3v) is 2.31. The van der Waals surface area contributed by atoms with Crippen molar-refractivity contribution in [3.8, 4) is 6.07 Å². The zero-order chi connectivity index (χ0) is 11.5. The fourth-order valence-corrected chi connectivity index (χ4v) is 1.65.